The van der Waals surface area contributed by atoms with Crippen molar-refractivity contribution in [1.29, 1.82) is 0 Å². The predicted molar refractivity (Wildman–Crippen MR) is 91.5 cm³/mol. The van der Waals surface area contributed by atoms with Gasteiger partial charge in [0.05, 0.1) is 5.60 Å². The molecule has 0 aromatic rings. The normalized spacial score (nSPS) is 57.6. The van der Waals surface area contributed by atoms with Crippen LogP contribution in [-0.4, -0.2) is 10.7 Å². The molecule has 4 aliphatic rings. The van der Waals surface area contributed by atoms with Crippen molar-refractivity contribution < 1.29 is 5.11 Å². The van der Waals surface area contributed by atoms with Crippen molar-refractivity contribution in [1.82, 2.24) is 0 Å². The molecule has 4 aliphatic carbocycles. The van der Waals surface area contributed by atoms with Crippen LogP contribution in [0.1, 0.15) is 78.1 Å². The van der Waals surface area contributed by atoms with Crippen molar-refractivity contribution in [3.05, 3.63) is 12.7 Å². The van der Waals surface area contributed by atoms with E-state index >= 15 is 0 Å². The lowest BCUT2D eigenvalue weighted by Gasteiger charge is -2.61. The van der Waals surface area contributed by atoms with E-state index < -0.39 is 5.60 Å². The molecule has 0 aliphatic heterocycles. The summed E-state index contributed by atoms with van der Waals surface area (Å²) in [7, 11) is 0. The van der Waals surface area contributed by atoms with Gasteiger partial charge in [-0.1, -0.05) is 32.8 Å². The summed E-state index contributed by atoms with van der Waals surface area (Å²) in [5.41, 5.74) is 0.0954. The Labute approximate surface area is 136 Å². The quantitative estimate of drug-likeness (QED) is 0.648. The second kappa shape index (κ2) is 4.85. The standard InChI is InChI=1S/C21H34O/c1-4-21(22)14-11-18-16-9-8-15-7-5-6-12-19(15,2)17(16)10-13-20(18,21)3/h4,15-18,22H,1,5-14H2,2-3H3/t15-,16-,17+,18+,19+,20+,21+/m1/s1. The SMILES string of the molecule is C=C[C@]1(O)CC[C@H]2[C@@H]3CC[C@H]4CCCC[C@]4(C)[C@H]3CC[C@@]21C. The number of fused-ring (bicyclic) bond motifs is 5. The second-order valence-corrected chi connectivity index (χ2v) is 9.53. The van der Waals surface area contributed by atoms with Crippen LogP contribution in [0.15, 0.2) is 12.7 Å². The van der Waals surface area contributed by atoms with E-state index in [1.807, 2.05) is 6.08 Å². The first-order valence-corrected chi connectivity index (χ1v) is 9.81. The van der Waals surface area contributed by atoms with Crippen LogP contribution in [0.3, 0.4) is 0 Å². The Hall–Kier alpha value is -0.300. The molecule has 0 unspecified atom stereocenters. The monoisotopic (exact) mass is 302 g/mol. The van der Waals surface area contributed by atoms with Crippen LogP contribution in [0, 0.1) is 34.5 Å². The highest BCUT2D eigenvalue weighted by molar-refractivity contribution is 5.18. The van der Waals surface area contributed by atoms with Crippen LogP contribution >= 0.6 is 0 Å². The van der Waals surface area contributed by atoms with E-state index in [1.165, 1.54) is 57.8 Å². The van der Waals surface area contributed by atoms with Crippen molar-refractivity contribution in [3.8, 4) is 0 Å². The molecule has 0 aromatic heterocycles. The third-order valence-electron chi connectivity index (χ3n) is 9.14. The van der Waals surface area contributed by atoms with Crippen molar-refractivity contribution in [2.45, 2.75) is 83.7 Å². The molecule has 1 nitrogen and oxygen atoms in total. The van der Waals surface area contributed by atoms with Crippen molar-refractivity contribution in [3.63, 3.8) is 0 Å². The fraction of sp³-hybridized carbons (Fsp3) is 0.905. The van der Waals surface area contributed by atoms with E-state index in [1.54, 1.807) is 0 Å². The average molecular weight is 303 g/mol. The fourth-order valence-electron chi connectivity index (χ4n) is 7.68. The number of aliphatic hydroxyl groups is 1. The first-order chi connectivity index (χ1) is 10.4. The molecule has 1 heteroatoms. The van der Waals surface area contributed by atoms with E-state index in [9.17, 15) is 5.11 Å². The molecule has 0 saturated heterocycles. The summed E-state index contributed by atoms with van der Waals surface area (Å²) >= 11 is 0. The van der Waals surface area contributed by atoms with Gasteiger partial charge in [-0.15, -0.1) is 6.58 Å². The summed E-state index contributed by atoms with van der Waals surface area (Å²) in [5, 5.41) is 11.1. The van der Waals surface area contributed by atoms with E-state index in [0.29, 0.717) is 5.41 Å². The van der Waals surface area contributed by atoms with Gasteiger partial charge in [0.15, 0.2) is 0 Å². The van der Waals surface area contributed by atoms with Crippen LogP contribution in [0.4, 0.5) is 0 Å². The molecule has 0 amide bonds. The molecule has 0 bridgehead atoms. The summed E-state index contributed by atoms with van der Waals surface area (Å²) in [6, 6.07) is 0. The Morgan fingerprint density at radius 2 is 1.68 bits per heavy atom. The maximum atomic E-state index is 11.1. The average Bonchev–Trinajstić information content (AvgIpc) is 2.79. The lowest BCUT2D eigenvalue weighted by atomic mass is 9.44. The summed E-state index contributed by atoms with van der Waals surface area (Å²) in [4.78, 5) is 0. The summed E-state index contributed by atoms with van der Waals surface area (Å²) in [5.74, 6) is 3.52. The van der Waals surface area contributed by atoms with Gasteiger partial charge in [0, 0.05) is 5.41 Å². The summed E-state index contributed by atoms with van der Waals surface area (Å²) in [6.45, 7) is 8.99. The second-order valence-electron chi connectivity index (χ2n) is 9.53. The van der Waals surface area contributed by atoms with E-state index in [-0.39, 0.29) is 5.41 Å². The largest absolute Gasteiger partial charge is 0.385 e. The first kappa shape index (κ1) is 15.2. The molecule has 124 valence electrons. The molecule has 0 heterocycles. The predicted octanol–water partition coefficient (Wildman–Crippen LogP) is 5.34. The highest BCUT2D eigenvalue weighted by atomic mass is 16.3. The zero-order chi connectivity index (χ0) is 15.6. The topological polar surface area (TPSA) is 20.2 Å². The summed E-state index contributed by atoms with van der Waals surface area (Å²) < 4.78 is 0. The highest BCUT2D eigenvalue weighted by Crippen LogP contribution is 2.68. The molecule has 4 saturated carbocycles. The van der Waals surface area contributed by atoms with Crippen LogP contribution < -0.4 is 0 Å². The van der Waals surface area contributed by atoms with E-state index in [4.69, 9.17) is 0 Å². The van der Waals surface area contributed by atoms with Crippen LogP contribution in [0.2, 0.25) is 0 Å². The van der Waals surface area contributed by atoms with Gasteiger partial charge in [-0.05, 0) is 80.5 Å². The van der Waals surface area contributed by atoms with Gasteiger partial charge in [-0.2, -0.15) is 0 Å². The van der Waals surface area contributed by atoms with E-state index in [0.717, 1.165) is 30.1 Å². The van der Waals surface area contributed by atoms with Crippen LogP contribution in [0.5, 0.6) is 0 Å². The molecule has 4 rings (SSSR count). The Morgan fingerprint density at radius 3 is 2.45 bits per heavy atom. The van der Waals surface area contributed by atoms with Gasteiger partial charge < -0.3 is 5.11 Å². The number of hydrogen-bond acceptors (Lipinski definition) is 1. The number of rotatable bonds is 1. The zero-order valence-electron chi connectivity index (χ0n) is 14.6. The maximum Gasteiger partial charge on any atom is 0.0881 e. The van der Waals surface area contributed by atoms with Gasteiger partial charge >= 0.3 is 0 Å². The Bertz CT molecular complexity index is 471. The number of hydrogen-bond donors (Lipinski definition) is 1. The molecule has 7 atom stereocenters. The van der Waals surface area contributed by atoms with Gasteiger partial charge in [0.1, 0.15) is 0 Å². The van der Waals surface area contributed by atoms with Crippen molar-refractivity contribution in [2.24, 2.45) is 34.5 Å². The molecule has 22 heavy (non-hydrogen) atoms. The minimum Gasteiger partial charge on any atom is -0.385 e. The van der Waals surface area contributed by atoms with Crippen LogP contribution in [-0.2, 0) is 0 Å². The smallest absolute Gasteiger partial charge is 0.0881 e. The third-order valence-corrected chi connectivity index (χ3v) is 9.14. The van der Waals surface area contributed by atoms with Crippen molar-refractivity contribution >= 4 is 0 Å². The Balaban J connectivity index is 1.66. The molecular formula is C21H34O. The molecule has 0 radical (unpaired) electrons. The Kier molecular flexibility index (Phi) is 3.36. The summed E-state index contributed by atoms with van der Waals surface area (Å²) in [6.07, 6.45) is 15.4. The van der Waals surface area contributed by atoms with Gasteiger partial charge in [-0.3, -0.25) is 0 Å². The van der Waals surface area contributed by atoms with Gasteiger partial charge in [0.25, 0.3) is 0 Å². The van der Waals surface area contributed by atoms with Crippen molar-refractivity contribution in [2.75, 3.05) is 0 Å². The third kappa shape index (κ3) is 1.75. The molecular weight excluding hydrogens is 268 g/mol. The highest BCUT2D eigenvalue weighted by Gasteiger charge is 2.63. The van der Waals surface area contributed by atoms with Crippen LogP contribution in [0.25, 0.3) is 0 Å². The molecule has 4 fully saturated rings. The minimum absolute atomic E-state index is 0.0911. The zero-order valence-corrected chi connectivity index (χ0v) is 14.6. The minimum atomic E-state index is -0.604. The maximum absolute atomic E-state index is 11.1. The van der Waals surface area contributed by atoms with E-state index in [2.05, 4.69) is 20.4 Å². The molecule has 1 N–H and O–H groups in total. The molecule has 0 spiro atoms. The van der Waals surface area contributed by atoms with Gasteiger partial charge in [0.2, 0.25) is 0 Å². The lowest BCUT2D eigenvalue weighted by molar-refractivity contribution is -0.137. The first-order valence-electron chi connectivity index (χ1n) is 9.81. The lowest BCUT2D eigenvalue weighted by Crippen LogP contribution is -2.55. The molecule has 0 aromatic carbocycles. The fourth-order valence-corrected chi connectivity index (χ4v) is 7.68. The van der Waals surface area contributed by atoms with Gasteiger partial charge in [-0.25, -0.2) is 0 Å². The Morgan fingerprint density at radius 1 is 0.909 bits per heavy atom.